The van der Waals surface area contributed by atoms with Crippen molar-refractivity contribution < 1.29 is 9.53 Å². The van der Waals surface area contributed by atoms with Crippen LogP contribution in [0.1, 0.15) is 24.1 Å². The lowest BCUT2D eigenvalue weighted by Gasteiger charge is -2.19. The highest BCUT2D eigenvalue weighted by Gasteiger charge is 2.36. The number of aryl methyl sites for hydroxylation is 1. The number of carbonyl (C=O) groups excluding carboxylic acids is 1. The van der Waals surface area contributed by atoms with E-state index in [1.54, 1.807) is 0 Å². The van der Waals surface area contributed by atoms with E-state index >= 15 is 0 Å². The molecule has 2 unspecified atom stereocenters. The van der Waals surface area contributed by atoms with Gasteiger partial charge in [0.2, 0.25) is 0 Å². The molecule has 4 heteroatoms. The summed E-state index contributed by atoms with van der Waals surface area (Å²) in [4.78, 5) is 16.7. The molecule has 1 aromatic heterocycles. The number of fused-ring (bicyclic) bond motifs is 1. The average molecular weight is 284 g/mol. The monoisotopic (exact) mass is 284 g/mol. The van der Waals surface area contributed by atoms with E-state index in [-0.39, 0.29) is 17.8 Å². The number of nitrogens with zero attached hydrogens (tertiary/aromatic N) is 1. The van der Waals surface area contributed by atoms with Gasteiger partial charge in [-0.25, -0.2) is 0 Å². The van der Waals surface area contributed by atoms with Crippen LogP contribution >= 0.6 is 0 Å². The van der Waals surface area contributed by atoms with Gasteiger partial charge in [-0.3, -0.25) is 9.78 Å². The van der Waals surface area contributed by atoms with Crippen LogP contribution in [0.3, 0.4) is 0 Å². The molecule has 0 saturated carbocycles. The van der Waals surface area contributed by atoms with Gasteiger partial charge in [-0.2, -0.15) is 0 Å². The quantitative estimate of drug-likeness (QED) is 0.879. The van der Waals surface area contributed by atoms with E-state index < -0.39 is 0 Å². The zero-order chi connectivity index (χ0) is 14.8. The second-order valence-electron chi connectivity index (χ2n) is 5.49. The number of aromatic nitrogens is 1. The Balaban J connectivity index is 2.04. The number of benzene rings is 1. The molecule has 1 aromatic carbocycles. The van der Waals surface area contributed by atoms with Crippen molar-refractivity contribution >= 4 is 16.9 Å². The van der Waals surface area contributed by atoms with E-state index in [1.165, 1.54) is 5.56 Å². The number of pyridine rings is 1. The molecule has 0 aliphatic carbocycles. The number of esters is 1. The van der Waals surface area contributed by atoms with Crippen molar-refractivity contribution in [2.75, 3.05) is 19.7 Å². The van der Waals surface area contributed by atoms with Crippen LogP contribution in [0.2, 0.25) is 0 Å². The summed E-state index contributed by atoms with van der Waals surface area (Å²) < 4.78 is 5.23. The highest BCUT2D eigenvalue weighted by atomic mass is 16.5. The highest BCUT2D eigenvalue weighted by Crippen LogP contribution is 2.33. The molecule has 1 N–H and O–H groups in total. The van der Waals surface area contributed by atoms with Crippen LogP contribution in [0.15, 0.2) is 30.3 Å². The summed E-state index contributed by atoms with van der Waals surface area (Å²) in [6, 6.07) is 10.2. The third kappa shape index (κ3) is 2.63. The zero-order valence-corrected chi connectivity index (χ0v) is 12.4. The number of nitrogens with one attached hydrogen (secondary N) is 1. The van der Waals surface area contributed by atoms with E-state index in [4.69, 9.17) is 4.74 Å². The van der Waals surface area contributed by atoms with Crippen LogP contribution in [0.25, 0.3) is 10.9 Å². The Morgan fingerprint density at radius 2 is 2.19 bits per heavy atom. The predicted octanol–water partition coefficient (Wildman–Crippen LogP) is 2.41. The van der Waals surface area contributed by atoms with Crippen molar-refractivity contribution in [2.24, 2.45) is 5.92 Å². The molecule has 0 bridgehead atoms. The fourth-order valence-corrected chi connectivity index (χ4v) is 3.15. The Morgan fingerprint density at radius 1 is 1.38 bits per heavy atom. The molecular weight excluding hydrogens is 264 g/mol. The van der Waals surface area contributed by atoms with Crippen molar-refractivity contribution in [3.05, 3.63) is 41.6 Å². The molecule has 0 spiro atoms. The molecule has 2 aromatic rings. The summed E-state index contributed by atoms with van der Waals surface area (Å²) in [6.07, 6.45) is 0. The maximum absolute atomic E-state index is 12.2. The van der Waals surface area contributed by atoms with E-state index in [0.717, 1.165) is 23.1 Å². The Morgan fingerprint density at radius 3 is 3.00 bits per heavy atom. The minimum atomic E-state index is -0.116. The summed E-state index contributed by atoms with van der Waals surface area (Å²) in [5.74, 6) is -0.0724. The summed E-state index contributed by atoms with van der Waals surface area (Å²) in [5, 5.41) is 4.45. The van der Waals surface area contributed by atoms with E-state index in [0.29, 0.717) is 13.2 Å². The maximum Gasteiger partial charge on any atom is 0.310 e. The molecule has 1 aliphatic heterocycles. The topological polar surface area (TPSA) is 51.2 Å². The second kappa shape index (κ2) is 5.82. The maximum atomic E-state index is 12.2. The minimum absolute atomic E-state index is 0.106. The van der Waals surface area contributed by atoms with Crippen molar-refractivity contribution in [1.29, 1.82) is 0 Å². The van der Waals surface area contributed by atoms with Crippen LogP contribution < -0.4 is 5.32 Å². The number of hydrogen-bond donors (Lipinski definition) is 1. The number of carbonyl (C=O) groups is 1. The van der Waals surface area contributed by atoms with Gasteiger partial charge in [0.1, 0.15) is 0 Å². The van der Waals surface area contributed by atoms with Gasteiger partial charge >= 0.3 is 5.97 Å². The van der Waals surface area contributed by atoms with Gasteiger partial charge in [-0.05, 0) is 31.5 Å². The van der Waals surface area contributed by atoms with Crippen LogP contribution in [0.4, 0.5) is 0 Å². The van der Waals surface area contributed by atoms with Crippen LogP contribution in [-0.2, 0) is 9.53 Å². The minimum Gasteiger partial charge on any atom is -0.466 e. The van der Waals surface area contributed by atoms with Crippen LogP contribution in [0, 0.1) is 12.8 Å². The van der Waals surface area contributed by atoms with Crippen molar-refractivity contribution in [3.63, 3.8) is 0 Å². The van der Waals surface area contributed by atoms with Crippen molar-refractivity contribution in [2.45, 2.75) is 19.8 Å². The molecule has 2 heterocycles. The number of para-hydroxylation sites is 1. The molecule has 4 nitrogen and oxygen atoms in total. The van der Waals surface area contributed by atoms with Gasteiger partial charge in [-0.15, -0.1) is 0 Å². The molecule has 1 saturated heterocycles. The highest BCUT2D eigenvalue weighted by molar-refractivity contribution is 5.84. The smallest absolute Gasteiger partial charge is 0.310 e. The van der Waals surface area contributed by atoms with E-state index in [1.807, 2.05) is 32.0 Å². The van der Waals surface area contributed by atoms with E-state index in [9.17, 15) is 4.79 Å². The number of hydrogen-bond acceptors (Lipinski definition) is 4. The van der Waals surface area contributed by atoms with Gasteiger partial charge in [0.25, 0.3) is 0 Å². The predicted molar refractivity (Wildman–Crippen MR) is 82.2 cm³/mol. The fourth-order valence-electron chi connectivity index (χ4n) is 3.15. The molecular formula is C17H20N2O2. The van der Waals surface area contributed by atoms with Gasteiger partial charge < -0.3 is 10.1 Å². The fraction of sp³-hybridized carbons (Fsp3) is 0.412. The number of ether oxygens (including phenoxy) is 1. The van der Waals surface area contributed by atoms with Gasteiger partial charge in [0.15, 0.2) is 0 Å². The molecule has 2 atom stereocenters. The molecule has 1 aliphatic rings. The summed E-state index contributed by atoms with van der Waals surface area (Å²) in [5.41, 5.74) is 3.17. The Kier molecular flexibility index (Phi) is 3.88. The van der Waals surface area contributed by atoms with Crippen LogP contribution in [-0.4, -0.2) is 30.6 Å². The second-order valence-corrected chi connectivity index (χ2v) is 5.49. The lowest BCUT2D eigenvalue weighted by atomic mass is 9.86. The van der Waals surface area contributed by atoms with E-state index in [2.05, 4.69) is 22.4 Å². The SMILES string of the molecule is CCOC(=O)C1CNCC1c1cc(C)nc2ccccc12. The van der Waals surface area contributed by atoms with Gasteiger partial charge in [0, 0.05) is 30.1 Å². The molecule has 0 amide bonds. The summed E-state index contributed by atoms with van der Waals surface area (Å²) in [6.45, 7) is 5.76. The van der Waals surface area contributed by atoms with Crippen LogP contribution in [0.5, 0.6) is 0 Å². The van der Waals surface area contributed by atoms with Gasteiger partial charge in [-0.1, -0.05) is 18.2 Å². The average Bonchev–Trinajstić information content (AvgIpc) is 2.96. The summed E-state index contributed by atoms with van der Waals surface area (Å²) >= 11 is 0. The first-order valence-electron chi connectivity index (χ1n) is 7.44. The molecule has 1 fully saturated rings. The first-order valence-corrected chi connectivity index (χ1v) is 7.44. The Bertz CT molecular complexity index is 669. The van der Waals surface area contributed by atoms with Gasteiger partial charge in [0.05, 0.1) is 18.0 Å². The largest absolute Gasteiger partial charge is 0.466 e. The first kappa shape index (κ1) is 14.0. The third-order valence-corrected chi connectivity index (χ3v) is 4.08. The molecule has 0 radical (unpaired) electrons. The first-order chi connectivity index (χ1) is 10.2. The van der Waals surface area contributed by atoms with Crippen molar-refractivity contribution in [3.8, 4) is 0 Å². The zero-order valence-electron chi connectivity index (χ0n) is 12.4. The lowest BCUT2D eigenvalue weighted by molar-refractivity contribution is -0.147. The third-order valence-electron chi connectivity index (χ3n) is 4.08. The molecule has 110 valence electrons. The lowest BCUT2D eigenvalue weighted by Crippen LogP contribution is -2.24. The molecule has 21 heavy (non-hydrogen) atoms. The standard InChI is InChI=1S/C17H20N2O2/c1-3-21-17(20)15-10-18-9-14(15)13-8-11(2)19-16-7-5-4-6-12(13)16/h4-8,14-15,18H,3,9-10H2,1-2H3. The molecule has 3 rings (SSSR count). The Hall–Kier alpha value is -1.94. The van der Waals surface area contributed by atoms with Crippen molar-refractivity contribution in [1.82, 2.24) is 10.3 Å². The normalized spacial score (nSPS) is 21.6. The Labute approximate surface area is 124 Å². The number of rotatable bonds is 3. The summed E-state index contributed by atoms with van der Waals surface area (Å²) in [7, 11) is 0.